The Labute approximate surface area is 93.4 Å². The molecule has 15 heavy (non-hydrogen) atoms. The molecule has 0 aliphatic heterocycles. The third-order valence-electron chi connectivity index (χ3n) is 2.79. The molecule has 82 valence electrons. The Hall–Kier alpha value is -1.24. The minimum atomic E-state index is 0.705. The van der Waals surface area contributed by atoms with E-state index in [2.05, 4.69) is 62.3 Å². The van der Waals surface area contributed by atoms with Gasteiger partial charge in [-0.25, -0.2) is 0 Å². The molecule has 0 bridgehead atoms. The summed E-state index contributed by atoms with van der Waals surface area (Å²) in [4.78, 5) is 2.16. The van der Waals surface area contributed by atoms with E-state index in [1.807, 2.05) is 6.07 Å². The largest absolute Gasteiger partial charge is 0.351 e. The van der Waals surface area contributed by atoms with Crippen LogP contribution in [-0.2, 0) is 0 Å². The maximum Gasteiger partial charge on any atom is 0.0403 e. The van der Waals surface area contributed by atoms with E-state index in [0.717, 1.165) is 0 Å². The van der Waals surface area contributed by atoms with Gasteiger partial charge in [-0.05, 0) is 37.1 Å². The van der Waals surface area contributed by atoms with E-state index in [9.17, 15) is 0 Å². The number of benzene rings is 1. The molecule has 0 aliphatic rings. The normalized spacial score (nSPS) is 11.2. The van der Waals surface area contributed by atoms with Gasteiger partial charge in [-0.1, -0.05) is 38.1 Å². The first-order valence-electron chi connectivity index (χ1n) is 5.74. The summed E-state index contributed by atoms with van der Waals surface area (Å²) in [6, 6.07) is 10.4. The molecule has 1 heteroatoms. The van der Waals surface area contributed by atoms with Gasteiger partial charge in [-0.2, -0.15) is 0 Å². The monoisotopic (exact) mass is 203 g/mol. The summed E-state index contributed by atoms with van der Waals surface area (Å²) >= 11 is 0. The number of hydrogen-bond acceptors (Lipinski definition) is 1. The van der Waals surface area contributed by atoms with Crippen molar-refractivity contribution in [3.05, 3.63) is 42.6 Å². The van der Waals surface area contributed by atoms with E-state index < -0.39 is 0 Å². The van der Waals surface area contributed by atoms with E-state index in [0.29, 0.717) is 5.92 Å². The van der Waals surface area contributed by atoms with Crippen molar-refractivity contribution in [3.8, 4) is 0 Å². The van der Waals surface area contributed by atoms with Crippen LogP contribution in [0.3, 0.4) is 0 Å². The molecule has 0 radical (unpaired) electrons. The molecule has 0 N–H and O–H groups in total. The molecule has 1 rings (SSSR count). The first-order valence-corrected chi connectivity index (χ1v) is 5.74. The molecule has 1 aromatic rings. The second-order valence-electron chi connectivity index (χ2n) is 3.86. The van der Waals surface area contributed by atoms with Crippen molar-refractivity contribution < 1.29 is 0 Å². The van der Waals surface area contributed by atoms with Crippen LogP contribution in [0.1, 0.15) is 26.7 Å². The fraction of sp³-hybridized carbons (Fsp3) is 0.429. The highest BCUT2D eigenvalue weighted by Gasteiger charge is 1.98. The topological polar surface area (TPSA) is 3.24 Å². The minimum Gasteiger partial charge on any atom is -0.351 e. The zero-order valence-corrected chi connectivity index (χ0v) is 9.98. The van der Waals surface area contributed by atoms with Gasteiger partial charge in [-0.15, -0.1) is 0 Å². The number of anilines is 1. The van der Waals surface area contributed by atoms with Crippen LogP contribution in [0.4, 0.5) is 5.69 Å². The molecule has 0 atom stereocenters. The molecule has 0 amide bonds. The third-order valence-corrected chi connectivity index (χ3v) is 2.79. The molecule has 1 aromatic carbocycles. The summed E-state index contributed by atoms with van der Waals surface area (Å²) in [5, 5.41) is 0. The quantitative estimate of drug-likeness (QED) is 0.697. The number of nitrogens with zero attached hydrogens (tertiary/aromatic N) is 1. The van der Waals surface area contributed by atoms with E-state index in [4.69, 9.17) is 0 Å². The fourth-order valence-corrected chi connectivity index (χ4v) is 1.56. The van der Waals surface area contributed by atoms with Crippen LogP contribution in [0.15, 0.2) is 42.6 Å². The average Bonchev–Trinajstić information content (AvgIpc) is 2.31. The van der Waals surface area contributed by atoms with Gasteiger partial charge in [0.25, 0.3) is 0 Å². The number of allylic oxidation sites excluding steroid dienone is 1. The van der Waals surface area contributed by atoms with Gasteiger partial charge in [0.1, 0.15) is 0 Å². The van der Waals surface area contributed by atoms with Crippen molar-refractivity contribution in [2.24, 2.45) is 5.92 Å². The van der Waals surface area contributed by atoms with Crippen LogP contribution in [0.5, 0.6) is 0 Å². The Kier molecular flexibility index (Phi) is 4.96. The van der Waals surface area contributed by atoms with Gasteiger partial charge in [0, 0.05) is 12.7 Å². The Balaban J connectivity index is 2.59. The molecule has 0 heterocycles. The molecule has 0 aliphatic carbocycles. The molecular formula is C14H21N. The van der Waals surface area contributed by atoms with Gasteiger partial charge in [0.05, 0.1) is 0 Å². The zero-order chi connectivity index (χ0) is 11.1. The molecule has 0 aromatic heterocycles. The summed E-state index contributed by atoms with van der Waals surface area (Å²) in [5.74, 6) is 0.705. The number of hydrogen-bond donors (Lipinski definition) is 0. The molecular weight excluding hydrogens is 182 g/mol. The molecule has 0 saturated heterocycles. The molecule has 0 unspecified atom stereocenters. The molecule has 0 spiro atoms. The maximum atomic E-state index is 2.30. The predicted molar refractivity (Wildman–Crippen MR) is 68.1 cm³/mol. The Morgan fingerprint density at radius 2 is 1.73 bits per heavy atom. The standard InChI is InChI=1S/C14H21N/c1-4-13(5-2)11-12-15(3)14-9-7-6-8-10-14/h6-13H,4-5H2,1-3H3/b12-11+. The minimum absolute atomic E-state index is 0.705. The SMILES string of the molecule is CCC(/C=C/N(C)c1ccccc1)CC. The van der Waals surface area contributed by atoms with E-state index in [-0.39, 0.29) is 0 Å². The summed E-state index contributed by atoms with van der Waals surface area (Å²) in [7, 11) is 2.09. The van der Waals surface area contributed by atoms with Crippen LogP contribution in [0, 0.1) is 5.92 Å². The van der Waals surface area contributed by atoms with E-state index in [1.54, 1.807) is 0 Å². The van der Waals surface area contributed by atoms with Crippen LogP contribution in [0.25, 0.3) is 0 Å². The molecule has 1 nitrogen and oxygen atoms in total. The summed E-state index contributed by atoms with van der Waals surface area (Å²) in [6.45, 7) is 4.47. The van der Waals surface area contributed by atoms with Crippen LogP contribution in [-0.4, -0.2) is 7.05 Å². The first kappa shape index (κ1) is 11.8. The lowest BCUT2D eigenvalue weighted by Crippen LogP contribution is -2.08. The Bertz CT molecular complexity index is 285. The van der Waals surface area contributed by atoms with Gasteiger partial charge in [0.2, 0.25) is 0 Å². The average molecular weight is 203 g/mol. The first-order chi connectivity index (χ1) is 7.27. The lowest BCUT2D eigenvalue weighted by molar-refractivity contribution is 0.604. The Morgan fingerprint density at radius 1 is 1.13 bits per heavy atom. The number of para-hydroxylation sites is 1. The molecule has 0 saturated carbocycles. The zero-order valence-electron chi connectivity index (χ0n) is 9.98. The van der Waals surface area contributed by atoms with Crippen LogP contribution < -0.4 is 4.90 Å². The summed E-state index contributed by atoms with van der Waals surface area (Å²) < 4.78 is 0. The summed E-state index contributed by atoms with van der Waals surface area (Å²) in [6.07, 6.45) is 6.91. The van der Waals surface area contributed by atoms with Crippen molar-refractivity contribution in [2.75, 3.05) is 11.9 Å². The highest BCUT2D eigenvalue weighted by molar-refractivity contribution is 5.47. The van der Waals surface area contributed by atoms with E-state index >= 15 is 0 Å². The highest BCUT2D eigenvalue weighted by atomic mass is 15.1. The number of rotatable bonds is 5. The van der Waals surface area contributed by atoms with Gasteiger partial charge < -0.3 is 4.90 Å². The third kappa shape index (κ3) is 3.78. The second-order valence-corrected chi connectivity index (χ2v) is 3.86. The Morgan fingerprint density at radius 3 is 2.27 bits per heavy atom. The highest BCUT2D eigenvalue weighted by Crippen LogP contribution is 2.14. The van der Waals surface area contributed by atoms with Crippen molar-refractivity contribution in [3.63, 3.8) is 0 Å². The van der Waals surface area contributed by atoms with Crippen LogP contribution in [0.2, 0.25) is 0 Å². The van der Waals surface area contributed by atoms with Gasteiger partial charge >= 0.3 is 0 Å². The van der Waals surface area contributed by atoms with Crippen LogP contribution >= 0.6 is 0 Å². The lowest BCUT2D eigenvalue weighted by Gasteiger charge is -2.15. The van der Waals surface area contributed by atoms with Crippen molar-refractivity contribution >= 4 is 5.69 Å². The van der Waals surface area contributed by atoms with E-state index in [1.165, 1.54) is 18.5 Å². The lowest BCUT2D eigenvalue weighted by atomic mass is 10.0. The van der Waals surface area contributed by atoms with Crippen molar-refractivity contribution in [1.29, 1.82) is 0 Å². The smallest absolute Gasteiger partial charge is 0.0403 e. The predicted octanol–water partition coefficient (Wildman–Crippen LogP) is 4.07. The van der Waals surface area contributed by atoms with Crippen molar-refractivity contribution in [1.82, 2.24) is 0 Å². The maximum absolute atomic E-state index is 2.30. The fourth-order valence-electron chi connectivity index (χ4n) is 1.56. The summed E-state index contributed by atoms with van der Waals surface area (Å²) in [5.41, 5.74) is 1.24. The van der Waals surface area contributed by atoms with Crippen molar-refractivity contribution in [2.45, 2.75) is 26.7 Å². The van der Waals surface area contributed by atoms with Gasteiger partial charge in [0.15, 0.2) is 0 Å². The van der Waals surface area contributed by atoms with Gasteiger partial charge in [-0.3, -0.25) is 0 Å². The molecule has 0 fully saturated rings. The second kappa shape index (κ2) is 6.28.